The minimum Gasteiger partial charge on any atom is -0.479 e. The summed E-state index contributed by atoms with van der Waals surface area (Å²) in [5.41, 5.74) is -2.21. The van der Waals surface area contributed by atoms with Crippen LogP contribution in [-0.4, -0.2) is 27.6 Å². The van der Waals surface area contributed by atoms with Gasteiger partial charge in [-0.25, -0.2) is 4.79 Å². The lowest BCUT2D eigenvalue weighted by Crippen LogP contribution is -2.43. The van der Waals surface area contributed by atoms with Gasteiger partial charge in [0.15, 0.2) is 5.78 Å². The van der Waals surface area contributed by atoms with Gasteiger partial charge in [0.05, 0.1) is 0 Å². The predicted octanol–water partition coefficient (Wildman–Crippen LogP) is 0.581. The van der Waals surface area contributed by atoms with Crippen LogP contribution in [0.5, 0.6) is 0 Å². The molecule has 4 nitrogen and oxygen atoms in total. The summed E-state index contributed by atoms with van der Waals surface area (Å²) >= 11 is 0. The molecule has 0 amide bonds. The van der Waals surface area contributed by atoms with Crippen molar-refractivity contribution in [1.82, 2.24) is 0 Å². The van der Waals surface area contributed by atoms with Crippen molar-refractivity contribution in [3.63, 3.8) is 0 Å². The summed E-state index contributed by atoms with van der Waals surface area (Å²) in [5.74, 6) is -2.11. The van der Waals surface area contributed by atoms with E-state index in [0.717, 1.165) is 13.3 Å². The van der Waals surface area contributed by atoms with E-state index in [1.165, 1.54) is 0 Å². The Balaban J connectivity index is 4.16. The highest BCUT2D eigenvalue weighted by atomic mass is 16.4. The maximum absolute atomic E-state index is 11.0. The van der Waals surface area contributed by atoms with E-state index in [2.05, 4.69) is 0 Å². The van der Waals surface area contributed by atoms with Crippen molar-refractivity contribution in [2.24, 2.45) is 0 Å². The van der Waals surface area contributed by atoms with Gasteiger partial charge in [-0.05, 0) is 13.3 Å². The zero-order valence-corrected chi connectivity index (χ0v) is 7.33. The van der Waals surface area contributed by atoms with E-state index in [1.807, 2.05) is 6.92 Å². The van der Waals surface area contributed by atoms with E-state index >= 15 is 0 Å². The number of carbonyl (C=O) groups excluding carboxylic acids is 1. The Bertz CT molecular complexity index is 183. The molecule has 0 radical (unpaired) electrons. The Hall–Kier alpha value is -0.900. The van der Waals surface area contributed by atoms with Crippen molar-refractivity contribution in [3.05, 3.63) is 0 Å². The van der Waals surface area contributed by atoms with E-state index < -0.39 is 17.4 Å². The number of carboxylic acids is 1. The summed E-state index contributed by atoms with van der Waals surface area (Å²) in [7, 11) is 0. The first kappa shape index (κ1) is 11.1. The highest BCUT2D eigenvalue weighted by Crippen LogP contribution is 2.10. The summed E-state index contributed by atoms with van der Waals surface area (Å²) in [6.45, 7) is 2.90. The van der Waals surface area contributed by atoms with Crippen LogP contribution >= 0.6 is 0 Å². The molecule has 70 valence electrons. The standard InChI is InChI=1S/C8H14O4/c1-3-4-5-6(9)8(2,12)7(10)11/h12H,3-5H2,1-2H3,(H,10,11). The first-order valence-corrected chi connectivity index (χ1v) is 3.92. The number of hydrogen-bond acceptors (Lipinski definition) is 3. The second-order valence-electron chi connectivity index (χ2n) is 2.90. The third-order valence-corrected chi connectivity index (χ3v) is 1.72. The van der Waals surface area contributed by atoms with Crippen LogP contribution in [0.25, 0.3) is 0 Å². The molecule has 0 aliphatic rings. The molecule has 1 atom stereocenters. The fourth-order valence-electron chi connectivity index (χ4n) is 0.700. The highest BCUT2D eigenvalue weighted by molar-refractivity contribution is 6.05. The largest absolute Gasteiger partial charge is 0.479 e. The minimum absolute atomic E-state index is 0.121. The zero-order valence-electron chi connectivity index (χ0n) is 7.33. The average Bonchev–Trinajstić information content (AvgIpc) is 1.99. The molecule has 12 heavy (non-hydrogen) atoms. The summed E-state index contributed by atoms with van der Waals surface area (Å²) < 4.78 is 0. The molecule has 0 spiro atoms. The number of aliphatic hydroxyl groups is 1. The lowest BCUT2D eigenvalue weighted by molar-refractivity contribution is -0.163. The SMILES string of the molecule is CCCCC(=O)C(C)(O)C(=O)O. The molecule has 0 aliphatic heterocycles. The lowest BCUT2D eigenvalue weighted by atomic mass is 9.97. The van der Waals surface area contributed by atoms with Gasteiger partial charge in [0, 0.05) is 6.42 Å². The smallest absolute Gasteiger partial charge is 0.343 e. The van der Waals surface area contributed by atoms with Gasteiger partial charge in [0.1, 0.15) is 0 Å². The Morgan fingerprint density at radius 1 is 1.42 bits per heavy atom. The molecule has 2 N–H and O–H groups in total. The van der Waals surface area contributed by atoms with Crippen LogP contribution in [0.3, 0.4) is 0 Å². The fraction of sp³-hybridized carbons (Fsp3) is 0.750. The van der Waals surface area contributed by atoms with Gasteiger partial charge >= 0.3 is 5.97 Å². The van der Waals surface area contributed by atoms with Crippen LogP contribution in [0, 0.1) is 0 Å². The van der Waals surface area contributed by atoms with E-state index in [9.17, 15) is 9.59 Å². The lowest BCUT2D eigenvalue weighted by Gasteiger charge is -2.15. The van der Waals surface area contributed by atoms with Gasteiger partial charge in [0.2, 0.25) is 5.60 Å². The summed E-state index contributed by atoms with van der Waals surface area (Å²) in [4.78, 5) is 21.4. The highest BCUT2D eigenvalue weighted by Gasteiger charge is 2.37. The molecule has 0 fully saturated rings. The minimum atomic E-state index is -2.21. The summed E-state index contributed by atoms with van der Waals surface area (Å²) in [6, 6.07) is 0. The molecule has 0 rings (SSSR count). The van der Waals surface area contributed by atoms with Crippen molar-refractivity contribution in [2.75, 3.05) is 0 Å². The predicted molar refractivity (Wildman–Crippen MR) is 42.8 cm³/mol. The summed E-state index contributed by atoms with van der Waals surface area (Å²) in [5, 5.41) is 17.6. The molecular formula is C8H14O4. The van der Waals surface area contributed by atoms with Crippen molar-refractivity contribution in [1.29, 1.82) is 0 Å². The number of unbranched alkanes of at least 4 members (excludes halogenated alkanes) is 1. The number of carbonyl (C=O) groups is 2. The molecule has 0 aromatic heterocycles. The molecule has 0 saturated heterocycles. The molecule has 0 saturated carbocycles. The van der Waals surface area contributed by atoms with E-state index in [4.69, 9.17) is 10.2 Å². The quantitative estimate of drug-likeness (QED) is 0.598. The number of aliphatic carboxylic acids is 1. The molecule has 0 aliphatic carbocycles. The number of Topliss-reactive ketones (excluding diaryl/α,β-unsaturated/α-hetero) is 1. The molecule has 0 bridgehead atoms. The molecular weight excluding hydrogens is 160 g/mol. The van der Waals surface area contributed by atoms with E-state index in [0.29, 0.717) is 6.42 Å². The van der Waals surface area contributed by atoms with Crippen LogP contribution in [0.15, 0.2) is 0 Å². The van der Waals surface area contributed by atoms with Gasteiger partial charge in [-0.3, -0.25) is 4.79 Å². The van der Waals surface area contributed by atoms with Gasteiger partial charge in [0.25, 0.3) is 0 Å². The third-order valence-electron chi connectivity index (χ3n) is 1.72. The van der Waals surface area contributed by atoms with Crippen molar-refractivity contribution < 1.29 is 19.8 Å². The third kappa shape index (κ3) is 2.62. The van der Waals surface area contributed by atoms with Crippen molar-refractivity contribution in [3.8, 4) is 0 Å². The Morgan fingerprint density at radius 2 is 1.92 bits per heavy atom. The van der Waals surface area contributed by atoms with Gasteiger partial charge in [-0.2, -0.15) is 0 Å². The van der Waals surface area contributed by atoms with Gasteiger partial charge in [-0.1, -0.05) is 13.3 Å². The normalized spacial score (nSPS) is 15.2. The van der Waals surface area contributed by atoms with Crippen molar-refractivity contribution >= 4 is 11.8 Å². The van der Waals surface area contributed by atoms with Gasteiger partial charge in [-0.15, -0.1) is 0 Å². The Kier molecular flexibility index (Phi) is 3.89. The van der Waals surface area contributed by atoms with E-state index in [-0.39, 0.29) is 6.42 Å². The number of carboxylic acid groups (broad SMARTS) is 1. The van der Waals surface area contributed by atoms with Crippen LogP contribution in [0.2, 0.25) is 0 Å². The van der Waals surface area contributed by atoms with Crippen LogP contribution in [0.4, 0.5) is 0 Å². The van der Waals surface area contributed by atoms with E-state index in [1.54, 1.807) is 0 Å². The molecule has 1 unspecified atom stereocenters. The maximum Gasteiger partial charge on any atom is 0.343 e. The number of hydrogen-bond donors (Lipinski definition) is 2. The monoisotopic (exact) mass is 174 g/mol. The fourth-order valence-corrected chi connectivity index (χ4v) is 0.700. The Labute approximate surface area is 71.2 Å². The maximum atomic E-state index is 11.0. The second kappa shape index (κ2) is 4.21. The van der Waals surface area contributed by atoms with Crippen LogP contribution in [-0.2, 0) is 9.59 Å². The molecule has 0 heterocycles. The van der Waals surface area contributed by atoms with Crippen LogP contribution in [0.1, 0.15) is 33.1 Å². The molecule has 0 aromatic rings. The number of ketones is 1. The topological polar surface area (TPSA) is 74.6 Å². The second-order valence-corrected chi connectivity index (χ2v) is 2.90. The molecule has 0 aromatic carbocycles. The first-order chi connectivity index (χ1) is 5.42. The average molecular weight is 174 g/mol. The van der Waals surface area contributed by atoms with Crippen LogP contribution < -0.4 is 0 Å². The first-order valence-electron chi connectivity index (χ1n) is 3.92. The molecule has 4 heteroatoms. The number of rotatable bonds is 5. The van der Waals surface area contributed by atoms with Gasteiger partial charge < -0.3 is 10.2 Å². The Morgan fingerprint density at radius 3 is 2.25 bits per heavy atom. The zero-order chi connectivity index (χ0) is 9.78. The summed E-state index contributed by atoms with van der Waals surface area (Å²) in [6.07, 6.45) is 1.54. The van der Waals surface area contributed by atoms with Crippen molar-refractivity contribution in [2.45, 2.75) is 38.7 Å².